The van der Waals surface area contributed by atoms with Crippen molar-refractivity contribution in [2.24, 2.45) is 0 Å². The highest BCUT2D eigenvalue weighted by Gasteiger charge is 2.17. The average Bonchev–Trinajstić information content (AvgIpc) is 2.80. The van der Waals surface area contributed by atoms with Crippen molar-refractivity contribution in [3.8, 4) is 11.5 Å². The maximum Gasteiger partial charge on any atom is 0.226 e. The first-order chi connectivity index (χ1) is 10.1. The van der Waals surface area contributed by atoms with Crippen LogP contribution in [0, 0.1) is 18.6 Å². The number of rotatable bonds is 3. The van der Waals surface area contributed by atoms with E-state index >= 15 is 0 Å². The molecule has 6 heteroatoms. The average molecular weight is 293 g/mol. The summed E-state index contributed by atoms with van der Waals surface area (Å²) in [5.41, 5.74) is 1.14. The number of nitrogens with one attached hydrogen (secondary N) is 1. The van der Waals surface area contributed by atoms with Crippen molar-refractivity contribution in [1.29, 1.82) is 0 Å². The second kappa shape index (κ2) is 5.91. The fourth-order valence-electron chi connectivity index (χ4n) is 2.46. The van der Waals surface area contributed by atoms with Gasteiger partial charge >= 0.3 is 0 Å². The van der Waals surface area contributed by atoms with E-state index in [4.69, 9.17) is 4.42 Å². The molecule has 1 N–H and O–H groups in total. The molecule has 1 aromatic heterocycles. The van der Waals surface area contributed by atoms with Crippen LogP contribution in [0.15, 0.2) is 22.6 Å². The van der Waals surface area contributed by atoms with Gasteiger partial charge in [-0.2, -0.15) is 0 Å². The first-order valence-corrected chi connectivity index (χ1v) is 6.97. The molecule has 0 aliphatic carbocycles. The van der Waals surface area contributed by atoms with Crippen molar-refractivity contribution in [1.82, 2.24) is 15.2 Å². The van der Waals surface area contributed by atoms with Crippen LogP contribution in [0.1, 0.15) is 11.5 Å². The molecular weight excluding hydrogens is 276 g/mol. The van der Waals surface area contributed by atoms with E-state index in [-0.39, 0.29) is 5.89 Å². The van der Waals surface area contributed by atoms with Crippen molar-refractivity contribution in [2.75, 3.05) is 26.2 Å². The number of hydrogen-bond donors (Lipinski definition) is 1. The van der Waals surface area contributed by atoms with Gasteiger partial charge in [0.15, 0.2) is 0 Å². The Bertz CT molecular complexity index is 616. The number of oxazole rings is 1. The summed E-state index contributed by atoms with van der Waals surface area (Å²) in [7, 11) is 0. The number of halogens is 2. The molecule has 0 bridgehead atoms. The zero-order valence-electron chi connectivity index (χ0n) is 11.8. The van der Waals surface area contributed by atoms with Gasteiger partial charge in [0.2, 0.25) is 5.89 Å². The Morgan fingerprint density at radius 2 is 1.86 bits per heavy atom. The first kappa shape index (κ1) is 14.2. The van der Waals surface area contributed by atoms with Crippen molar-refractivity contribution < 1.29 is 13.2 Å². The fraction of sp³-hybridized carbons (Fsp3) is 0.400. The van der Waals surface area contributed by atoms with Crippen LogP contribution in [0.3, 0.4) is 0 Å². The molecule has 1 fully saturated rings. The van der Waals surface area contributed by atoms with Gasteiger partial charge in [0, 0.05) is 44.4 Å². The molecule has 21 heavy (non-hydrogen) atoms. The third-order valence-corrected chi connectivity index (χ3v) is 3.59. The van der Waals surface area contributed by atoms with Crippen LogP contribution in [0.4, 0.5) is 8.78 Å². The van der Waals surface area contributed by atoms with Gasteiger partial charge in [-0.15, -0.1) is 0 Å². The SMILES string of the molecule is Cc1oc(-c2cc(F)cc(F)c2)nc1CN1CCNCC1. The Kier molecular flexibility index (Phi) is 3.98. The highest BCUT2D eigenvalue weighted by molar-refractivity contribution is 5.53. The zero-order chi connectivity index (χ0) is 14.8. The van der Waals surface area contributed by atoms with E-state index in [9.17, 15) is 8.78 Å². The van der Waals surface area contributed by atoms with Crippen molar-refractivity contribution in [3.63, 3.8) is 0 Å². The number of hydrogen-bond acceptors (Lipinski definition) is 4. The van der Waals surface area contributed by atoms with Gasteiger partial charge in [-0.1, -0.05) is 0 Å². The number of benzene rings is 1. The highest BCUT2D eigenvalue weighted by atomic mass is 19.1. The van der Waals surface area contributed by atoms with E-state index in [1.54, 1.807) is 0 Å². The molecule has 0 unspecified atom stereocenters. The maximum absolute atomic E-state index is 13.3. The fourth-order valence-corrected chi connectivity index (χ4v) is 2.46. The molecule has 1 saturated heterocycles. The van der Waals surface area contributed by atoms with Gasteiger partial charge in [-0.05, 0) is 19.1 Å². The van der Waals surface area contributed by atoms with Crippen LogP contribution in [0.2, 0.25) is 0 Å². The molecular formula is C15H17F2N3O. The van der Waals surface area contributed by atoms with E-state index in [1.807, 2.05) is 6.92 Å². The van der Waals surface area contributed by atoms with E-state index in [0.29, 0.717) is 17.9 Å². The molecule has 0 saturated carbocycles. The molecule has 0 amide bonds. The lowest BCUT2D eigenvalue weighted by Gasteiger charge is -2.26. The summed E-state index contributed by atoms with van der Waals surface area (Å²) in [6, 6.07) is 3.28. The van der Waals surface area contributed by atoms with Crippen LogP contribution in [0.5, 0.6) is 0 Å². The second-order valence-corrected chi connectivity index (χ2v) is 5.21. The van der Waals surface area contributed by atoms with Crippen molar-refractivity contribution in [3.05, 3.63) is 41.3 Å². The lowest BCUT2D eigenvalue weighted by atomic mass is 10.2. The van der Waals surface area contributed by atoms with Gasteiger partial charge in [-0.25, -0.2) is 13.8 Å². The minimum absolute atomic E-state index is 0.260. The van der Waals surface area contributed by atoms with Crippen molar-refractivity contribution >= 4 is 0 Å². The topological polar surface area (TPSA) is 41.3 Å². The molecule has 3 rings (SSSR count). The molecule has 4 nitrogen and oxygen atoms in total. The molecule has 0 atom stereocenters. The Labute approximate surface area is 121 Å². The minimum atomic E-state index is -0.635. The van der Waals surface area contributed by atoms with Gasteiger partial charge in [0.1, 0.15) is 17.4 Å². The van der Waals surface area contributed by atoms with E-state index in [2.05, 4.69) is 15.2 Å². The molecule has 0 spiro atoms. The summed E-state index contributed by atoms with van der Waals surface area (Å²) in [6.07, 6.45) is 0. The molecule has 1 aliphatic heterocycles. The summed E-state index contributed by atoms with van der Waals surface area (Å²) in [4.78, 5) is 6.67. The number of aryl methyl sites for hydroxylation is 1. The molecule has 0 radical (unpaired) electrons. The van der Waals surface area contributed by atoms with Crippen LogP contribution < -0.4 is 5.32 Å². The smallest absolute Gasteiger partial charge is 0.226 e. The Morgan fingerprint density at radius 3 is 2.52 bits per heavy atom. The lowest BCUT2D eigenvalue weighted by molar-refractivity contribution is 0.230. The summed E-state index contributed by atoms with van der Waals surface area (Å²) < 4.78 is 32.1. The van der Waals surface area contributed by atoms with Gasteiger partial charge in [0.25, 0.3) is 0 Å². The third-order valence-electron chi connectivity index (χ3n) is 3.59. The quantitative estimate of drug-likeness (QED) is 0.943. The van der Waals surface area contributed by atoms with Gasteiger partial charge < -0.3 is 9.73 Å². The standard InChI is InChI=1S/C15H17F2N3O/c1-10-14(9-20-4-2-18-3-5-20)19-15(21-10)11-6-12(16)8-13(17)7-11/h6-8,18H,2-5,9H2,1H3. The predicted octanol–water partition coefficient (Wildman–Crippen LogP) is 2.33. The van der Waals surface area contributed by atoms with Gasteiger partial charge in [0.05, 0.1) is 5.69 Å². The van der Waals surface area contributed by atoms with E-state index in [0.717, 1.165) is 37.9 Å². The maximum atomic E-state index is 13.3. The predicted molar refractivity (Wildman–Crippen MR) is 74.7 cm³/mol. The summed E-state index contributed by atoms with van der Waals surface area (Å²) in [6.45, 7) is 6.34. The Hall–Kier alpha value is -1.79. The third kappa shape index (κ3) is 3.28. The zero-order valence-corrected chi connectivity index (χ0v) is 11.8. The molecule has 112 valence electrons. The number of piperazine rings is 1. The second-order valence-electron chi connectivity index (χ2n) is 5.21. The Balaban J connectivity index is 1.83. The van der Waals surface area contributed by atoms with Crippen LogP contribution >= 0.6 is 0 Å². The highest BCUT2D eigenvalue weighted by Crippen LogP contribution is 2.24. The molecule has 1 aliphatic rings. The monoisotopic (exact) mass is 293 g/mol. The van der Waals surface area contributed by atoms with Crippen LogP contribution in [0.25, 0.3) is 11.5 Å². The van der Waals surface area contributed by atoms with Gasteiger partial charge in [-0.3, -0.25) is 4.90 Å². The van der Waals surface area contributed by atoms with E-state index in [1.165, 1.54) is 12.1 Å². The molecule has 1 aromatic carbocycles. The Morgan fingerprint density at radius 1 is 1.19 bits per heavy atom. The minimum Gasteiger partial charge on any atom is -0.441 e. The first-order valence-electron chi connectivity index (χ1n) is 6.97. The van der Waals surface area contributed by atoms with Crippen molar-refractivity contribution in [2.45, 2.75) is 13.5 Å². The van der Waals surface area contributed by atoms with E-state index < -0.39 is 11.6 Å². The number of nitrogens with zero attached hydrogens (tertiary/aromatic N) is 2. The lowest BCUT2D eigenvalue weighted by Crippen LogP contribution is -2.43. The number of aromatic nitrogens is 1. The summed E-state index contributed by atoms with van der Waals surface area (Å²) in [5, 5.41) is 3.29. The van der Waals surface area contributed by atoms with Crippen LogP contribution in [-0.2, 0) is 6.54 Å². The summed E-state index contributed by atoms with van der Waals surface area (Å²) in [5.74, 6) is -0.321. The molecule has 2 heterocycles. The normalized spacial score (nSPS) is 16.3. The largest absolute Gasteiger partial charge is 0.441 e. The summed E-state index contributed by atoms with van der Waals surface area (Å²) >= 11 is 0. The molecule has 2 aromatic rings. The van der Waals surface area contributed by atoms with Crippen LogP contribution in [-0.4, -0.2) is 36.1 Å².